The van der Waals surface area contributed by atoms with E-state index < -0.39 is 11.7 Å². The van der Waals surface area contributed by atoms with Crippen LogP contribution in [-0.4, -0.2) is 18.0 Å². The number of rotatable bonds is 4. The number of amides is 1. The van der Waals surface area contributed by atoms with Crippen LogP contribution in [0.4, 0.5) is 10.1 Å². The van der Waals surface area contributed by atoms with Crippen LogP contribution in [0.2, 0.25) is 0 Å². The molecule has 0 spiro atoms. The van der Waals surface area contributed by atoms with Crippen LogP contribution in [0.1, 0.15) is 15.9 Å². The molecule has 4 rings (SSSR count). The van der Waals surface area contributed by atoms with Crippen LogP contribution in [0.25, 0.3) is 20.8 Å². The lowest BCUT2D eigenvalue weighted by Crippen LogP contribution is -2.12. The molecule has 0 saturated heterocycles. The van der Waals surface area contributed by atoms with Gasteiger partial charge in [-0.15, -0.1) is 11.3 Å². The molecule has 1 amide bonds. The first-order chi connectivity index (χ1) is 14.1. The molecule has 0 atom stereocenters. The zero-order chi connectivity index (χ0) is 20.4. The fourth-order valence-electron chi connectivity index (χ4n) is 2.84. The van der Waals surface area contributed by atoms with Gasteiger partial charge in [-0.2, -0.15) is 5.26 Å². The minimum absolute atomic E-state index is 0.171. The molecule has 29 heavy (non-hydrogen) atoms. The number of nitriles is 1. The van der Waals surface area contributed by atoms with E-state index in [2.05, 4.69) is 10.3 Å². The van der Waals surface area contributed by atoms with E-state index in [0.29, 0.717) is 5.69 Å². The molecule has 3 aromatic carbocycles. The number of fused-ring (bicyclic) bond motifs is 1. The summed E-state index contributed by atoms with van der Waals surface area (Å²) in [5, 5.41) is 12.5. The highest BCUT2D eigenvalue weighted by Gasteiger charge is 2.12. The maximum Gasteiger partial charge on any atom is 0.255 e. The van der Waals surface area contributed by atoms with Crippen LogP contribution in [0.15, 0.2) is 60.7 Å². The van der Waals surface area contributed by atoms with Crippen molar-refractivity contribution in [3.8, 4) is 22.4 Å². The lowest BCUT2D eigenvalue weighted by atomic mass is 10.1. The van der Waals surface area contributed by atoms with E-state index >= 15 is 0 Å². The number of thiazole rings is 1. The van der Waals surface area contributed by atoms with Gasteiger partial charge in [0.2, 0.25) is 0 Å². The van der Waals surface area contributed by atoms with Crippen molar-refractivity contribution in [3.63, 3.8) is 0 Å². The Morgan fingerprint density at radius 1 is 1.17 bits per heavy atom. The highest BCUT2D eigenvalue weighted by molar-refractivity contribution is 7.21. The maximum atomic E-state index is 13.5. The van der Waals surface area contributed by atoms with Crippen molar-refractivity contribution in [1.29, 1.82) is 5.26 Å². The van der Waals surface area contributed by atoms with Crippen molar-refractivity contribution >= 4 is 33.1 Å². The number of aromatic nitrogens is 1. The van der Waals surface area contributed by atoms with Crippen molar-refractivity contribution in [1.82, 2.24) is 4.98 Å². The number of hydrogen-bond donors (Lipinski definition) is 1. The summed E-state index contributed by atoms with van der Waals surface area (Å²) in [6, 6.07) is 18.5. The molecular formula is C22H14FN3O2S. The number of methoxy groups -OCH3 is 1. The average Bonchev–Trinajstić information content (AvgIpc) is 3.17. The van der Waals surface area contributed by atoms with E-state index in [1.807, 2.05) is 30.3 Å². The number of carbonyl (C=O) groups excluding carboxylic acids is 1. The molecule has 1 N–H and O–H groups in total. The van der Waals surface area contributed by atoms with Crippen LogP contribution in [0, 0.1) is 17.1 Å². The summed E-state index contributed by atoms with van der Waals surface area (Å²) in [4.78, 5) is 17.1. The van der Waals surface area contributed by atoms with E-state index in [1.165, 1.54) is 12.1 Å². The lowest BCUT2D eigenvalue weighted by Gasteiger charge is -2.05. The quantitative estimate of drug-likeness (QED) is 0.506. The van der Waals surface area contributed by atoms with Gasteiger partial charge in [0.05, 0.1) is 22.9 Å². The summed E-state index contributed by atoms with van der Waals surface area (Å²) in [5.74, 6) is -0.326. The first-order valence-electron chi connectivity index (χ1n) is 8.63. The van der Waals surface area contributed by atoms with Gasteiger partial charge in [-0.05, 0) is 48.5 Å². The Labute approximate surface area is 170 Å². The highest BCUT2D eigenvalue weighted by Crippen LogP contribution is 2.33. The predicted molar refractivity (Wildman–Crippen MR) is 111 cm³/mol. The monoisotopic (exact) mass is 403 g/mol. The molecule has 0 fully saturated rings. The second-order valence-electron chi connectivity index (χ2n) is 6.19. The van der Waals surface area contributed by atoms with Crippen molar-refractivity contribution in [3.05, 3.63) is 77.6 Å². The molecule has 7 heteroatoms. The van der Waals surface area contributed by atoms with Gasteiger partial charge in [-0.25, -0.2) is 9.37 Å². The molecule has 5 nitrogen and oxygen atoms in total. The molecule has 142 valence electrons. The fourth-order valence-corrected chi connectivity index (χ4v) is 3.78. The Bertz CT molecular complexity index is 1280. The van der Waals surface area contributed by atoms with Crippen LogP contribution in [-0.2, 0) is 0 Å². The Balaban J connectivity index is 1.61. The number of hydrogen-bond acceptors (Lipinski definition) is 5. The molecule has 0 aliphatic rings. The largest absolute Gasteiger partial charge is 0.497 e. The maximum absolute atomic E-state index is 13.5. The van der Waals surface area contributed by atoms with Gasteiger partial charge < -0.3 is 10.1 Å². The van der Waals surface area contributed by atoms with E-state index in [-0.39, 0.29) is 11.1 Å². The first-order valence-corrected chi connectivity index (χ1v) is 9.45. The van der Waals surface area contributed by atoms with Gasteiger partial charge in [0.25, 0.3) is 5.91 Å². The Kier molecular flexibility index (Phi) is 4.94. The SMILES string of the molecule is COc1cccc(-c2nc3cc(NC(=O)c4ccc(F)c(C#N)c4)ccc3s2)c1. The smallest absolute Gasteiger partial charge is 0.255 e. The summed E-state index contributed by atoms with van der Waals surface area (Å²) in [6.07, 6.45) is 0. The first kappa shape index (κ1) is 18.6. The number of benzene rings is 3. The molecule has 4 aromatic rings. The molecule has 0 aliphatic carbocycles. The Morgan fingerprint density at radius 3 is 2.83 bits per heavy atom. The number of anilines is 1. The van der Waals surface area contributed by atoms with Crippen molar-refractivity contribution < 1.29 is 13.9 Å². The molecular weight excluding hydrogens is 389 g/mol. The van der Waals surface area contributed by atoms with Gasteiger partial charge in [-0.3, -0.25) is 4.79 Å². The molecule has 1 heterocycles. The van der Waals surface area contributed by atoms with Crippen molar-refractivity contribution in [2.75, 3.05) is 12.4 Å². The lowest BCUT2D eigenvalue weighted by molar-refractivity contribution is 0.102. The summed E-state index contributed by atoms with van der Waals surface area (Å²) in [6.45, 7) is 0. The minimum atomic E-state index is -0.655. The number of carbonyl (C=O) groups is 1. The zero-order valence-corrected chi connectivity index (χ0v) is 16.1. The fraction of sp³-hybridized carbons (Fsp3) is 0.0455. The van der Waals surface area contributed by atoms with Gasteiger partial charge in [-0.1, -0.05) is 12.1 Å². The number of nitrogens with zero attached hydrogens (tertiary/aromatic N) is 2. The van der Waals surface area contributed by atoms with Crippen LogP contribution < -0.4 is 10.1 Å². The van der Waals surface area contributed by atoms with Crippen molar-refractivity contribution in [2.45, 2.75) is 0 Å². The second kappa shape index (κ2) is 7.70. The van der Waals surface area contributed by atoms with E-state index in [4.69, 9.17) is 10.00 Å². The van der Waals surface area contributed by atoms with E-state index in [0.717, 1.165) is 32.6 Å². The van der Waals surface area contributed by atoms with Crippen LogP contribution in [0.5, 0.6) is 5.75 Å². The average molecular weight is 403 g/mol. The van der Waals surface area contributed by atoms with E-state index in [1.54, 1.807) is 36.6 Å². The number of halogens is 1. The van der Waals surface area contributed by atoms with Crippen LogP contribution in [0.3, 0.4) is 0 Å². The van der Waals surface area contributed by atoms with Gasteiger partial charge in [0.15, 0.2) is 0 Å². The number of nitrogens with one attached hydrogen (secondary N) is 1. The second-order valence-corrected chi connectivity index (χ2v) is 7.22. The summed E-state index contributed by atoms with van der Waals surface area (Å²) < 4.78 is 19.7. The molecule has 0 aliphatic heterocycles. The van der Waals surface area contributed by atoms with Crippen LogP contribution >= 0.6 is 11.3 Å². The third kappa shape index (κ3) is 3.79. The summed E-state index contributed by atoms with van der Waals surface area (Å²) in [5.41, 5.74) is 2.30. The molecule has 1 aromatic heterocycles. The van der Waals surface area contributed by atoms with Gasteiger partial charge in [0.1, 0.15) is 22.6 Å². The van der Waals surface area contributed by atoms with Gasteiger partial charge >= 0.3 is 0 Å². The molecule has 0 bridgehead atoms. The van der Waals surface area contributed by atoms with Crippen molar-refractivity contribution in [2.24, 2.45) is 0 Å². The highest BCUT2D eigenvalue weighted by atomic mass is 32.1. The number of ether oxygens (including phenoxy) is 1. The summed E-state index contributed by atoms with van der Waals surface area (Å²) >= 11 is 1.54. The zero-order valence-electron chi connectivity index (χ0n) is 15.3. The Hall–Kier alpha value is -3.76. The third-order valence-electron chi connectivity index (χ3n) is 4.31. The minimum Gasteiger partial charge on any atom is -0.497 e. The molecule has 0 radical (unpaired) electrons. The third-order valence-corrected chi connectivity index (χ3v) is 5.40. The summed E-state index contributed by atoms with van der Waals surface area (Å²) in [7, 11) is 1.62. The molecule has 0 unspecified atom stereocenters. The Morgan fingerprint density at radius 2 is 2.03 bits per heavy atom. The standard InChI is InChI=1S/C22H14FN3O2S/c1-28-17-4-2-3-14(10-17)22-26-19-11-16(6-8-20(19)29-22)25-21(27)13-5-7-18(23)15(9-13)12-24/h2-11H,1H3,(H,25,27). The normalized spacial score (nSPS) is 10.5. The predicted octanol–water partition coefficient (Wildman–Crippen LogP) is 5.23. The van der Waals surface area contributed by atoms with E-state index in [9.17, 15) is 9.18 Å². The molecule has 0 saturated carbocycles. The topological polar surface area (TPSA) is 75.0 Å². The van der Waals surface area contributed by atoms with Gasteiger partial charge in [0, 0.05) is 16.8 Å².